The van der Waals surface area contributed by atoms with Crippen molar-refractivity contribution in [2.24, 2.45) is 35.0 Å². The van der Waals surface area contributed by atoms with E-state index in [0.29, 0.717) is 53.6 Å². The molecule has 0 aliphatic carbocycles. The molecular formula is C58H94F3I2O13PS2. The van der Waals surface area contributed by atoms with Crippen molar-refractivity contribution in [1.29, 1.82) is 0 Å². The number of carbonyl (C=O) groups is 1. The normalized spacial score (nSPS) is 31.5. The molecule has 4 unspecified atom stereocenters. The van der Waals surface area contributed by atoms with E-state index in [0.717, 1.165) is 67.8 Å². The van der Waals surface area contributed by atoms with Gasteiger partial charge in [-0.15, -0.1) is 0 Å². The lowest BCUT2D eigenvalue weighted by Crippen LogP contribution is -2.50. The number of unbranched alkanes of at least 4 members (excludes halogenated alkanes) is 1. The Morgan fingerprint density at radius 1 is 0.785 bits per heavy atom. The smallest absolute Gasteiger partial charge is 0.465 e. The monoisotopic (exact) mass is 1400 g/mol. The molecule has 0 saturated carbocycles. The Morgan fingerprint density at radius 3 is 1.81 bits per heavy atom. The SMILES string of the molecule is C=C(OS(=O)(=O)C(F)(F)F)[C@H](C)CC1CC[C@@H]2O[C@@H](CCCOC(=O)C(C)(C)C)C[C@]2(CI)O1.C=C([C@H](C)CC1CC[C@@H]2O[C@@H](CCCC)C[C@]2(CI)O1)[C@H](O)CC1O[C@H](C[C@H](C)CC)[C@H](C)[C@H]1CS(=O)(=O)c1ccccc1.P. The van der Waals surface area contributed by atoms with Gasteiger partial charge in [-0.2, -0.15) is 31.5 Å². The first-order valence-electron chi connectivity index (χ1n) is 28.4. The van der Waals surface area contributed by atoms with Crippen LogP contribution in [0.2, 0.25) is 0 Å². The van der Waals surface area contributed by atoms with Crippen molar-refractivity contribution in [3.05, 3.63) is 54.8 Å². The van der Waals surface area contributed by atoms with Gasteiger partial charge in [0.1, 0.15) is 17.0 Å². The number of benzene rings is 1. The van der Waals surface area contributed by atoms with Gasteiger partial charge < -0.3 is 37.7 Å². The van der Waals surface area contributed by atoms with Crippen LogP contribution in [0.15, 0.2) is 59.7 Å². The number of allylic oxidation sites excluding steroid dienone is 1. The second-order valence-electron chi connectivity index (χ2n) is 24.2. The van der Waals surface area contributed by atoms with Crippen LogP contribution in [0.1, 0.15) is 165 Å². The fourth-order valence-corrected chi connectivity index (χ4v) is 16.0. The highest BCUT2D eigenvalue weighted by Crippen LogP contribution is 2.48. The number of hydrogen-bond donors (Lipinski definition) is 1. The highest BCUT2D eigenvalue weighted by atomic mass is 127. The van der Waals surface area contributed by atoms with Crippen LogP contribution in [-0.2, 0) is 57.4 Å². The van der Waals surface area contributed by atoms with Gasteiger partial charge in [0.2, 0.25) is 0 Å². The molecule has 1 aromatic carbocycles. The minimum absolute atomic E-state index is 0. The fourth-order valence-electron chi connectivity index (χ4n) is 11.8. The van der Waals surface area contributed by atoms with E-state index in [9.17, 15) is 39.9 Å². The molecule has 0 aromatic heterocycles. The molecule has 6 rings (SSSR count). The van der Waals surface area contributed by atoms with Crippen LogP contribution in [0.5, 0.6) is 0 Å². The molecule has 1 N–H and O–H groups in total. The molecule has 5 saturated heterocycles. The first-order chi connectivity index (χ1) is 36.4. The van der Waals surface area contributed by atoms with E-state index in [4.69, 9.17) is 28.4 Å². The summed E-state index contributed by atoms with van der Waals surface area (Å²) in [7, 11) is -9.23. The number of sulfone groups is 1. The number of carbonyl (C=O) groups excluding carboxylic acids is 1. The van der Waals surface area contributed by atoms with E-state index in [-0.39, 0.29) is 94.1 Å². The summed E-state index contributed by atoms with van der Waals surface area (Å²) in [5.41, 5.74) is -5.99. The van der Waals surface area contributed by atoms with Gasteiger partial charge in [-0.05, 0) is 120 Å². The third kappa shape index (κ3) is 19.2. The number of halogens is 5. The minimum atomic E-state index is -5.74. The second-order valence-corrected chi connectivity index (χ2v) is 29.3. The summed E-state index contributed by atoms with van der Waals surface area (Å²) >= 11 is 4.72. The summed E-state index contributed by atoms with van der Waals surface area (Å²) in [6.45, 7) is 25.9. The standard InChI is InChI=1S/C36H57IO6S.C22H34F3IO7S.H3P/c1-7-9-13-29-21-36(23-37)35(41-29)17-16-28(43-36)19-25(4)26(5)32(38)20-34-31(27(6)33(42-34)18-24(3)8-2)22-44(39,40)30-14-11-10-12-15-30;1-14(15(2)33-34(28,29)22(23,24)25)11-16-8-9-18-21(13-26,32-16)12-17(31-18)7-6-10-30-19(27)20(3,4)5;/h10-12,14-15,24-25,27-29,31-35,38H,5,7-9,13,16-23H2,1-4,6H3;14,16-18H,2,6-13H2,1,3-5H3;1H3/t24-,25-,27-,28?,29+,31-,32-,33-,34?,35+,36-;14-,16?,17+,18+,21-;/m11./s1. The zero-order chi connectivity index (χ0) is 58.0. The molecule has 5 aliphatic rings. The van der Waals surface area contributed by atoms with Gasteiger partial charge >= 0.3 is 21.6 Å². The lowest BCUT2D eigenvalue weighted by molar-refractivity contribution is -0.156. The highest BCUT2D eigenvalue weighted by Gasteiger charge is 2.55. The van der Waals surface area contributed by atoms with Crippen molar-refractivity contribution in [1.82, 2.24) is 0 Å². The average Bonchev–Trinajstić information content (AvgIpc) is 4.05. The molecule has 5 aliphatic heterocycles. The molecule has 5 fully saturated rings. The van der Waals surface area contributed by atoms with Gasteiger partial charge in [0, 0.05) is 40.0 Å². The Labute approximate surface area is 502 Å². The topological polar surface area (TPSA) is 170 Å². The van der Waals surface area contributed by atoms with E-state index in [2.05, 4.69) is 97.1 Å². The number of ether oxygens (including phenoxy) is 6. The van der Waals surface area contributed by atoms with Crippen molar-refractivity contribution in [2.75, 3.05) is 21.2 Å². The molecule has 0 radical (unpaired) electrons. The van der Waals surface area contributed by atoms with Gasteiger partial charge in [-0.25, -0.2) is 8.42 Å². The lowest BCUT2D eigenvalue weighted by atomic mass is 9.82. The Balaban J connectivity index is 0.000000348. The van der Waals surface area contributed by atoms with Crippen LogP contribution in [-0.4, -0.2) is 121 Å². The zero-order valence-corrected chi connectivity index (χ0v) is 55.6. The summed E-state index contributed by atoms with van der Waals surface area (Å²) < 4.78 is 131. The van der Waals surface area contributed by atoms with Crippen LogP contribution in [0, 0.1) is 35.0 Å². The van der Waals surface area contributed by atoms with Gasteiger partial charge in [0.05, 0.1) is 77.6 Å². The molecule has 0 spiro atoms. The molecule has 79 heavy (non-hydrogen) atoms. The van der Waals surface area contributed by atoms with Gasteiger partial charge in [-0.3, -0.25) is 4.79 Å². The zero-order valence-electron chi connectivity index (χ0n) is 48.3. The molecule has 21 heteroatoms. The maximum atomic E-state index is 13.5. The van der Waals surface area contributed by atoms with Gasteiger partial charge in [0.15, 0.2) is 9.84 Å². The predicted octanol–water partition coefficient (Wildman–Crippen LogP) is 13.3. The Hall–Kier alpha value is -0.690. The molecule has 5 heterocycles. The van der Waals surface area contributed by atoms with Crippen molar-refractivity contribution in [3.63, 3.8) is 0 Å². The van der Waals surface area contributed by atoms with Crippen molar-refractivity contribution < 1.29 is 72.5 Å². The number of fused-ring (bicyclic) bond motifs is 2. The van der Waals surface area contributed by atoms with Crippen LogP contribution < -0.4 is 0 Å². The summed E-state index contributed by atoms with van der Waals surface area (Å²) in [5, 5.41) is 11.5. The van der Waals surface area contributed by atoms with Crippen molar-refractivity contribution >= 4 is 81.0 Å². The summed E-state index contributed by atoms with van der Waals surface area (Å²) in [6.07, 6.45) is 12.2. The molecule has 0 amide bonds. The third-order valence-corrected chi connectivity index (χ3v) is 22.3. The minimum Gasteiger partial charge on any atom is -0.465 e. The Bertz CT molecular complexity index is 2330. The summed E-state index contributed by atoms with van der Waals surface area (Å²) in [6, 6.07) is 8.70. The fraction of sp³-hybridized carbons (Fsp3) is 0.810. The van der Waals surface area contributed by atoms with Gasteiger partial charge in [-0.1, -0.05) is 137 Å². The van der Waals surface area contributed by atoms with E-state index in [1.54, 1.807) is 52.0 Å². The van der Waals surface area contributed by atoms with Crippen LogP contribution in [0.25, 0.3) is 0 Å². The van der Waals surface area contributed by atoms with Gasteiger partial charge in [0.25, 0.3) is 0 Å². The van der Waals surface area contributed by atoms with Crippen LogP contribution in [0.4, 0.5) is 13.2 Å². The van der Waals surface area contributed by atoms with Crippen LogP contribution >= 0.6 is 55.1 Å². The predicted molar refractivity (Wildman–Crippen MR) is 325 cm³/mol. The maximum absolute atomic E-state index is 13.5. The molecule has 1 aromatic rings. The Kier molecular flexibility index (Phi) is 27.4. The quantitative estimate of drug-likeness (QED) is 0.0107. The molecule has 456 valence electrons. The number of aliphatic hydroxyl groups excluding tert-OH is 1. The first kappa shape index (κ1) is 70.8. The average molecular weight is 1410 g/mol. The maximum Gasteiger partial charge on any atom is 0.534 e. The van der Waals surface area contributed by atoms with Crippen molar-refractivity contribution in [2.45, 2.75) is 242 Å². The molecule has 13 nitrogen and oxygen atoms in total. The van der Waals surface area contributed by atoms with E-state index in [1.807, 2.05) is 6.07 Å². The molecule has 0 bridgehead atoms. The largest absolute Gasteiger partial charge is 0.534 e. The second kappa shape index (κ2) is 30.6. The third-order valence-electron chi connectivity index (χ3n) is 16.9. The van der Waals surface area contributed by atoms with E-state index in [1.165, 1.54) is 12.8 Å². The summed E-state index contributed by atoms with van der Waals surface area (Å²) in [4.78, 5) is 12.2. The number of aliphatic hydroxyl groups is 1. The molecular weight excluding hydrogens is 1310 g/mol. The number of hydrogen-bond acceptors (Lipinski definition) is 13. The van der Waals surface area contributed by atoms with E-state index < -0.39 is 54.3 Å². The van der Waals surface area contributed by atoms with E-state index >= 15 is 0 Å². The van der Waals surface area contributed by atoms with Crippen LogP contribution in [0.3, 0.4) is 0 Å². The Morgan fingerprint density at radius 2 is 1.32 bits per heavy atom. The number of esters is 1. The lowest BCUT2D eigenvalue weighted by Gasteiger charge is -2.42. The number of alkyl halides is 5. The number of rotatable bonds is 26. The molecule has 17 atom stereocenters. The summed E-state index contributed by atoms with van der Waals surface area (Å²) in [5.74, 6) is -0.905. The highest BCUT2D eigenvalue weighted by molar-refractivity contribution is 14.1. The first-order valence-corrected chi connectivity index (χ1v) is 34.5. The van der Waals surface area contributed by atoms with Crippen molar-refractivity contribution in [3.8, 4) is 0 Å².